The molecule has 2 aliphatic rings. The van der Waals surface area contributed by atoms with Gasteiger partial charge in [-0.1, -0.05) is 13.8 Å². The zero-order valence-electron chi connectivity index (χ0n) is 8.24. The normalized spacial score (nSPS) is 42.8. The van der Waals surface area contributed by atoms with Crippen molar-refractivity contribution in [2.75, 3.05) is 0 Å². The molecule has 1 nitrogen and oxygen atoms in total. The number of hydrogen-bond acceptors (Lipinski definition) is 1. The molecule has 0 aromatic rings. The van der Waals surface area contributed by atoms with Gasteiger partial charge in [-0.25, -0.2) is 8.78 Å². The largest absolute Gasteiger partial charge is 0.314 e. The first kappa shape index (κ1) is 9.99. The van der Waals surface area contributed by atoms with Crippen LogP contribution < -0.4 is 0 Å². The lowest BCUT2D eigenvalue weighted by Gasteiger charge is -2.37. The molecule has 4 heteroatoms. The highest BCUT2D eigenvalue weighted by Gasteiger charge is 2.77. The van der Waals surface area contributed by atoms with Crippen molar-refractivity contribution in [2.45, 2.75) is 39.0 Å². The first-order chi connectivity index (χ1) is 6.26. The lowest BCUT2D eigenvalue weighted by Crippen LogP contribution is -2.48. The standard InChI is InChI=1S/C10H13F3O/c1-8(2)6-3-4-9(8,7(11)14)10(12,13)5-6/h6H,3-5H2,1-2H3. The van der Waals surface area contributed by atoms with Gasteiger partial charge in [0.2, 0.25) is 0 Å². The summed E-state index contributed by atoms with van der Waals surface area (Å²) in [6, 6.07) is -1.83. The van der Waals surface area contributed by atoms with Gasteiger partial charge in [-0.3, -0.25) is 4.79 Å². The Labute approximate surface area is 80.7 Å². The third kappa shape index (κ3) is 0.766. The molecule has 0 heterocycles. The molecule has 2 aliphatic carbocycles. The Balaban J connectivity index is 2.58. The maximum Gasteiger partial charge on any atom is 0.314 e. The number of carbonyl (C=O) groups is 1. The van der Waals surface area contributed by atoms with Crippen LogP contribution >= 0.6 is 0 Å². The van der Waals surface area contributed by atoms with Crippen LogP contribution in [-0.4, -0.2) is 12.0 Å². The molecule has 2 unspecified atom stereocenters. The molecule has 2 atom stereocenters. The van der Waals surface area contributed by atoms with Gasteiger partial charge in [-0.05, 0) is 24.2 Å². The molecule has 80 valence electrons. The lowest BCUT2D eigenvalue weighted by molar-refractivity contribution is -0.177. The van der Waals surface area contributed by atoms with Crippen molar-refractivity contribution in [3.8, 4) is 0 Å². The number of carbonyl (C=O) groups excluding carboxylic acids is 1. The summed E-state index contributed by atoms with van der Waals surface area (Å²) in [7, 11) is 0. The van der Waals surface area contributed by atoms with E-state index in [4.69, 9.17) is 0 Å². The Morgan fingerprint density at radius 2 is 1.93 bits per heavy atom. The molecule has 2 rings (SSSR count). The second-order valence-corrected chi connectivity index (χ2v) is 5.04. The van der Waals surface area contributed by atoms with E-state index in [1.165, 1.54) is 0 Å². The summed E-state index contributed by atoms with van der Waals surface area (Å²) in [6.07, 6.45) is 0.195. The summed E-state index contributed by atoms with van der Waals surface area (Å²) >= 11 is 0. The average molecular weight is 206 g/mol. The summed E-state index contributed by atoms with van der Waals surface area (Å²) in [5.41, 5.74) is -2.94. The maximum absolute atomic E-state index is 13.6. The Bertz CT molecular complexity index is 298. The van der Waals surface area contributed by atoms with E-state index >= 15 is 0 Å². The third-order valence-electron chi connectivity index (χ3n) is 4.45. The molecule has 0 aromatic heterocycles. The van der Waals surface area contributed by atoms with Gasteiger partial charge in [-0.15, -0.1) is 0 Å². The molecular weight excluding hydrogens is 193 g/mol. The van der Waals surface area contributed by atoms with Crippen molar-refractivity contribution in [1.82, 2.24) is 0 Å². The SMILES string of the molecule is CC1(C)C2CCC1(C(=O)F)C(F)(F)C2. The zero-order chi connectivity index (χ0) is 10.8. The molecule has 14 heavy (non-hydrogen) atoms. The van der Waals surface area contributed by atoms with E-state index in [0.717, 1.165) is 0 Å². The first-order valence-electron chi connectivity index (χ1n) is 4.83. The van der Waals surface area contributed by atoms with Crippen molar-refractivity contribution in [2.24, 2.45) is 16.7 Å². The predicted molar refractivity (Wildman–Crippen MR) is 44.6 cm³/mol. The van der Waals surface area contributed by atoms with E-state index in [-0.39, 0.29) is 18.8 Å². The molecule has 0 radical (unpaired) electrons. The molecule has 0 saturated heterocycles. The fraction of sp³-hybridized carbons (Fsp3) is 0.900. The second-order valence-electron chi connectivity index (χ2n) is 5.04. The van der Waals surface area contributed by atoms with Crippen LogP contribution in [0.2, 0.25) is 0 Å². The van der Waals surface area contributed by atoms with E-state index in [0.29, 0.717) is 6.42 Å². The van der Waals surface area contributed by atoms with Gasteiger partial charge in [0.1, 0.15) is 5.41 Å². The summed E-state index contributed by atoms with van der Waals surface area (Å²) in [5.74, 6) is -3.39. The minimum atomic E-state index is -3.16. The van der Waals surface area contributed by atoms with Crippen molar-refractivity contribution in [1.29, 1.82) is 0 Å². The number of rotatable bonds is 1. The molecule has 2 bridgehead atoms. The molecule has 0 amide bonds. The van der Waals surface area contributed by atoms with Gasteiger partial charge in [-0.2, -0.15) is 4.39 Å². The zero-order valence-corrected chi connectivity index (χ0v) is 8.24. The molecular formula is C10H13F3O. The Morgan fingerprint density at radius 3 is 2.14 bits per heavy atom. The van der Waals surface area contributed by atoms with Crippen LogP contribution in [0.4, 0.5) is 13.2 Å². The summed E-state index contributed by atoms with van der Waals surface area (Å²) in [5, 5.41) is 0. The van der Waals surface area contributed by atoms with Crippen molar-refractivity contribution >= 4 is 6.04 Å². The van der Waals surface area contributed by atoms with Gasteiger partial charge in [0, 0.05) is 6.42 Å². The molecule has 2 fully saturated rings. The summed E-state index contributed by atoms with van der Waals surface area (Å²) < 4.78 is 40.1. The average Bonchev–Trinajstić information content (AvgIpc) is 2.31. The summed E-state index contributed by atoms with van der Waals surface area (Å²) in [4.78, 5) is 10.9. The fourth-order valence-corrected chi connectivity index (χ4v) is 3.41. The van der Waals surface area contributed by atoms with Crippen LogP contribution in [0.5, 0.6) is 0 Å². The number of fused-ring (bicyclic) bond motifs is 2. The van der Waals surface area contributed by atoms with Gasteiger partial charge in [0.25, 0.3) is 5.92 Å². The monoisotopic (exact) mass is 206 g/mol. The van der Waals surface area contributed by atoms with E-state index in [9.17, 15) is 18.0 Å². The molecule has 2 saturated carbocycles. The molecule has 0 aromatic carbocycles. The highest BCUT2D eigenvalue weighted by molar-refractivity contribution is 5.79. The number of hydrogen-bond donors (Lipinski definition) is 0. The van der Waals surface area contributed by atoms with Crippen molar-refractivity contribution < 1.29 is 18.0 Å². The minimum Gasteiger partial charge on any atom is -0.260 e. The van der Waals surface area contributed by atoms with Crippen LogP contribution in [-0.2, 0) is 4.79 Å². The van der Waals surface area contributed by atoms with Crippen LogP contribution in [0.1, 0.15) is 33.1 Å². The minimum absolute atomic E-state index is 0.00694. The Morgan fingerprint density at radius 1 is 1.36 bits per heavy atom. The fourth-order valence-electron chi connectivity index (χ4n) is 3.41. The smallest absolute Gasteiger partial charge is 0.260 e. The molecule has 0 spiro atoms. The first-order valence-corrected chi connectivity index (χ1v) is 4.83. The van der Waals surface area contributed by atoms with Crippen LogP contribution in [0.25, 0.3) is 0 Å². The maximum atomic E-state index is 13.6. The predicted octanol–water partition coefficient (Wildman–Crippen LogP) is 2.94. The topological polar surface area (TPSA) is 17.1 Å². The molecule has 0 N–H and O–H groups in total. The highest BCUT2D eigenvalue weighted by Crippen LogP contribution is 2.72. The third-order valence-corrected chi connectivity index (χ3v) is 4.45. The van der Waals surface area contributed by atoms with Gasteiger partial charge in [0.15, 0.2) is 0 Å². The van der Waals surface area contributed by atoms with Crippen LogP contribution in [0, 0.1) is 16.7 Å². The van der Waals surface area contributed by atoms with Crippen molar-refractivity contribution in [3.63, 3.8) is 0 Å². The van der Waals surface area contributed by atoms with Crippen LogP contribution in [0.3, 0.4) is 0 Å². The number of halogens is 3. The summed E-state index contributed by atoms with van der Waals surface area (Å²) in [6.45, 7) is 3.17. The highest BCUT2D eigenvalue weighted by atomic mass is 19.3. The second kappa shape index (κ2) is 2.34. The molecule has 0 aliphatic heterocycles. The van der Waals surface area contributed by atoms with Crippen LogP contribution in [0.15, 0.2) is 0 Å². The van der Waals surface area contributed by atoms with Gasteiger partial charge in [0.05, 0.1) is 0 Å². The van der Waals surface area contributed by atoms with E-state index < -0.39 is 22.8 Å². The quantitative estimate of drug-likeness (QED) is 0.603. The number of alkyl halides is 2. The van der Waals surface area contributed by atoms with Crippen molar-refractivity contribution in [3.05, 3.63) is 0 Å². The Kier molecular flexibility index (Phi) is 1.67. The Hall–Kier alpha value is -0.540. The van der Waals surface area contributed by atoms with Gasteiger partial charge >= 0.3 is 6.04 Å². The lowest BCUT2D eigenvalue weighted by atomic mass is 9.68. The van der Waals surface area contributed by atoms with E-state index in [1.54, 1.807) is 13.8 Å². The van der Waals surface area contributed by atoms with E-state index in [2.05, 4.69) is 0 Å². The van der Waals surface area contributed by atoms with Gasteiger partial charge < -0.3 is 0 Å². The van der Waals surface area contributed by atoms with E-state index in [1.807, 2.05) is 0 Å².